The summed E-state index contributed by atoms with van der Waals surface area (Å²) in [5.41, 5.74) is 2.67. The molecule has 0 radical (unpaired) electrons. The number of halogens is 1. The molecule has 0 aliphatic rings. The fraction of sp³-hybridized carbons (Fsp3) is 0.350. The Morgan fingerprint density at radius 2 is 1.90 bits per heavy atom. The molecule has 1 N–H and O–H groups in total. The first kappa shape index (κ1) is 23.4. The SMILES string of the molecule is COc1ccc(Cl)cc1N(CC(=O)NCCSCc1ccc(C)cc1)S(C)(=O)=O. The third-order valence-corrected chi connectivity index (χ3v) is 6.45. The predicted octanol–water partition coefficient (Wildman–Crippen LogP) is 3.47. The highest BCUT2D eigenvalue weighted by Crippen LogP contribution is 2.32. The highest BCUT2D eigenvalue weighted by atomic mass is 35.5. The van der Waals surface area contributed by atoms with Crippen molar-refractivity contribution >= 4 is 45.0 Å². The lowest BCUT2D eigenvalue weighted by molar-refractivity contribution is -0.119. The van der Waals surface area contributed by atoms with Crippen molar-refractivity contribution in [3.05, 3.63) is 58.6 Å². The van der Waals surface area contributed by atoms with Gasteiger partial charge in [0.05, 0.1) is 19.1 Å². The maximum absolute atomic E-state index is 12.3. The van der Waals surface area contributed by atoms with Gasteiger partial charge in [-0.25, -0.2) is 8.42 Å². The van der Waals surface area contributed by atoms with Crippen LogP contribution in [0.2, 0.25) is 5.02 Å². The van der Waals surface area contributed by atoms with Crippen LogP contribution in [0.15, 0.2) is 42.5 Å². The van der Waals surface area contributed by atoms with Crippen LogP contribution in [0, 0.1) is 6.92 Å². The number of rotatable bonds is 10. The molecule has 0 bridgehead atoms. The van der Waals surface area contributed by atoms with Crippen LogP contribution in [0.5, 0.6) is 5.75 Å². The van der Waals surface area contributed by atoms with E-state index in [1.807, 2.05) is 6.92 Å². The molecule has 0 aromatic heterocycles. The topological polar surface area (TPSA) is 75.7 Å². The standard InChI is InChI=1S/C20H25ClN2O4S2/c1-15-4-6-16(7-5-15)14-28-11-10-22-20(24)13-23(29(3,25)26)18-12-17(21)8-9-19(18)27-2/h4-9,12H,10-11,13-14H2,1-3H3,(H,22,24). The van der Waals surface area contributed by atoms with E-state index in [-0.39, 0.29) is 12.2 Å². The van der Waals surface area contributed by atoms with Crippen molar-refractivity contribution in [2.45, 2.75) is 12.7 Å². The molecule has 0 aliphatic heterocycles. The van der Waals surface area contributed by atoms with E-state index in [2.05, 4.69) is 29.6 Å². The Balaban J connectivity index is 1.90. The third kappa shape index (κ3) is 7.45. The van der Waals surface area contributed by atoms with E-state index in [1.165, 1.54) is 24.3 Å². The fourth-order valence-corrected chi connectivity index (χ4v) is 4.40. The van der Waals surface area contributed by atoms with Gasteiger partial charge in [-0.3, -0.25) is 9.10 Å². The summed E-state index contributed by atoms with van der Waals surface area (Å²) < 4.78 is 30.7. The lowest BCUT2D eigenvalue weighted by Crippen LogP contribution is -2.41. The van der Waals surface area contributed by atoms with Crippen molar-refractivity contribution in [3.63, 3.8) is 0 Å². The molecule has 0 fully saturated rings. The second-order valence-electron chi connectivity index (χ2n) is 6.47. The molecule has 0 heterocycles. The zero-order valence-electron chi connectivity index (χ0n) is 16.6. The first-order chi connectivity index (χ1) is 13.7. The average Bonchev–Trinajstić information content (AvgIpc) is 2.66. The van der Waals surface area contributed by atoms with Crippen LogP contribution in [0.1, 0.15) is 11.1 Å². The number of nitrogens with one attached hydrogen (secondary N) is 1. The van der Waals surface area contributed by atoms with Gasteiger partial charge in [0.1, 0.15) is 12.3 Å². The normalized spacial score (nSPS) is 11.2. The van der Waals surface area contributed by atoms with Gasteiger partial charge in [-0.1, -0.05) is 41.4 Å². The number of anilines is 1. The van der Waals surface area contributed by atoms with Crippen molar-refractivity contribution in [1.82, 2.24) is 5.32 Å². The Kier molecular flexibility index (Phi) is 8.67. The maximum Gasteiger partial charge on any atom is 0.240 e. The number of carbonyl (C=O) groups excluding carboxylic acids is 1. The summed E-state index contributed by atoms with van der Waals surface area (Å²) in [7, 11) is -2.28. The van der Waals surface area contributed by atoms with E-state index in [9.17, 15) is 13.2 Å². The molecule has 1 amide bonds. The minimum Gasteiger partial charge on any atom is -0.495 e. The zero-order valence-corrected chi connectivity index (χ0v) is 19.0. The predicted molar refractivity (Wildman–Crippen MR) is 121 cm³/mol. The summed E-state index contributed by atoms with van der Waals surface area (Å²) in [6, 6.07) is 12.9. The quantitative estimate of drug-likeness (QED) is 0.554. The van der Waals surface area contributed by atoms with Gasteiger partial charge in [0.2, 0.25) is 15.9 Å². The molecule has 0 unspecified atom stereocenters. The maximum atomic E-state index is 12.3. The highest BCUT2D eigenvalue weighted by molar-refractivity contribution is 7.98. The van der Waals surface area contributed by atoms with Gasteiger partial charge in [-0.15, -0.1) is 0 Å². The van der Waals surface area contributed by atoms with E-state index in [4.69, 9.17) is 16.3 Å². The van der Waals surface area contributed by atoms with Gasteiger partial charge in [-0.2, -0.15) is 11.8 Å². The molecule has 9 heteroatoms. The van der Waals surface area contributed by atoms with Crippen molar-refractivity contribution in [2.75, 3.05) is 36.5 Å². The second-order valence-corrected chi connectivity index (χ2v) is 9.92. The Hall–Kier alpha value is -1.90. The summed E-state index contributed by atoms with van der Waals surface area (Å²) in [6.45, 7) is 2.14. The lowest BCUT2D eigenvalue weighted by atomic mass is 10.2. The molecule has 2 aromatic rings. The molecule has 6 nitrogen and oxygen atoms in total. The number of methoxy groups -OCH3 is 1. The molecule has 0 aliphatic carbocycles. The molecule has 2 aromatic carbocycles. The number of thioether (sulfide) groups is 1. The number of ether oxygens (including phenoxy) is 1. The molecular formula is C20H25ClN2O4S2. The summed E-state index contributed by atoms with van der Waals surface area (Å²) in [5, 5.41) is 3.11. The molecular weight excluding hydrogens is 432 g/mol. The number of nitrogens with zero attached hydrogens (tertiary/aromatic N) is 1. The van der Waals surface area contributed by atoms with Gasteiger partial charge in [0.15, 0.2) is 0 Å². The average molecular weight is 457 g/mol. The first-order valence-corrected chi connectivity index (χ1v) is 12.3. The van der Waals surface area contributed by atoms with Gasteiger partial charge in [0.25, 0.3) is 0 Å². The van der Waals surface area contributed by atoms with Crippen molar-refractivity contribution < 1.29 is 17.9 Å². The first-order valence-electron chi connectivity index (χ1n) is 8.92. The third-order valence-electron chi connectivity index (χ3n) is 4.06. The van der Waals surface area contributed by atoms with Crippen molar-refractivity contribution in [2.24, 2.45) is 0 Å². The lowest BCUT2D eigenvalue weighted by Gasteiger charge is -2.24. The van der Waals surface area contributed by atoms with Gasteiger partial charge in [0, 0.05) is 23.1 Å². The number of hydrogen-bond acceptors (Lipinski definition) is 5. The van der Waals surface area contributed by atoms with E-state index in [1.54, 1.807) is 23.9 Å². The number of amides is 1. The van der Waals surface area contributed by atoms with Crippen LogP contribution < -0.4 is 14.4 Å². The van der Waals surface area contributed by atoms with Gasteiger partial charge < -0.3 is 10.1 Å². The van der Waals surface area contributed by atoms with Crippen LogP contribution >= 0.6 is 23.4 Å². The number of hydrogen-bond donors (Lipinski definition) is 1. The molecule has 0 saturated heterocycles. The van der Waals surface area contributed by atoms with E-state index in [0.717, 1.165) is 22.1 Å². The fourth-order valence-electron chi connectivity index (χ4n) is 2.56. The number of sulfonamides is 1. The molecule has 158 valence electrons. The number of aryl methyl sites for hydroxylation is 1. The summed E-state index contributed by atoms with van der Waals surface area (Å²) >= 11 is 7.70. The Bertz CT molecular complexity index is 934. The summed E-state index contributed by atoms with van der Waals surface area (Å²) in [5.74, 6) is 1.50. The molecule has 0 saturated carbocycles. The second kappa shape index (κ2) is 10.8. The minimum atomic E-state index is -3.71. The van der Waals surface area contributed by atoms with Crippen LogP contribution in [0.4, 0.5) is 5.69 Å². The highest BCUT2D eigenvalue weighted by Gasteiger charge is 2.24. The largest absolute Gasteiger partial charge is 0.495 e. The summed E-state index contributed by atoms with van der Waals surface area (Å²) in [6.07, 6.45) is 1.04. The number of carbonyl (C=O) groups is 1. The van der Waals surface area contributed by atoms with Crippen LogP contribution in [0.25, 0.3) is 0 Å². The summed E-state index contributed by atoms with van der Waals surface area (Å²) in [4.78, 5) is 12.3. The van der Waals surface area contributed by atoms with Crippen LogP contribution in [-0.2, 0) is 20.6 Å². The van der Waals surface area contributed by atoms with Gasteiger partial charge >= 0.3 is 0 Å². The van der Waals surface area contributed by atoms with Gasteiger partial charge in [-0.05, 0) is 30.7 Å². The molecule has 2 rings (SSSR count). The monoisotopic (exact) mass is 456 g/mol. The molecule has 0 spiro atoms. The van der Waals surface area contributed by atoms with Crippen LogP contribution in [0.3, 0.4) is 0 Å². The van der Waals surface area contributed by atoms with Crippen molar-refractivity contribution in [1.29, 1.82) is 0 Å². The Morgan fingerprint density at radius 3 is 2.52 bits per heavy atom. The van der Waals surface area contributed by atoms with Crippen molar-refractivity contribution in [3.8, 4) is 5.75 Å². The minimum absolute atomic E-state index is 0.228. The zero-order chi connectivity index (χ0) is 21.4. The molecule has 29 heavy (non-hydrogen) atoms. The Morgan fingerprint density at radius 1 is 1.21 bits per heavy atom. The number of benzene rings is 2. The van der Waals surface area contributed by atoms with E-state index < -0.39 is 15.9 Å². The Labute approximate surface area is 181 Å². The van der Waals surface area contributed by atoms with E-state index in [0.29, 0.717) is 17.3 Å². The van der Waals surface area contributed by atoms with Crippen LogP contribution in [-0.4, -0.2) is 46.5 Å². The molecule has 0 atom stereocenters. The van der Waals surface area contributed by atoms with E-state index >= 15 is 0 Å². The smallest absolute Gasteiger partial charge is 0.240 e.